The minimum atomic E-state index is -0.139. The van der Waals surface area contributed by atoms with Gasteiger partial charge in [-0.15, -0.1) is 0 Å². The summed E-state index contributed by atoms with van der Waals surface area (Å²) in [4.78, 5) is 29.4. The zero-order chi connectivity index (χ0) is 19.0. The number of amides is 1. The Balaban J connectivity index is 1.47. The van der Waals surface area contributed by atoms with Gasteiger partial charge in [-0.2, -0.15) is 5.10 Å². The second-order valence-electron chi connectivity index (χ2n) is 6.83. The highest BCUT2D eigenvalue weighted by Gasteiger charge is 2.23. The van der Waals surface area contributed by atoms with Crippen molar-refractivity contribution in [2.45, 2.75) is 18.9 Å². The number of nitrogens with one attached hydrogen (secondary N) is 2. The lowest BCUT2D eigenvalue weighted by molar-refractivity contribution is 0.0929. The van der Waals surface area contributed by atoms with Crippen molar-refractivity contribution in [3.8, 4) is 0 Å². The van der Waals surface area contributed by atoms with Crippen LogP contribution in [0.1, 0.15) is 23.3 Å². The van der Waals surface area contributed by atoms with E-state index in [0.29, 0.717) is 17.3 Å². The van der Waals surface area contributed by atoms with E-state index in [0.717, 1.165) is 36.1 Å². The van der Waals surface area contributed by atoms with Crippen LogP contribution < -0.4 is 15.8 Å². The lowest BCUT2D eigenvalue weighted by atomic mass is 10.1. The van der Waals surface area contributed by atoms with Gasteiger partial charge >= 0.3 is 0 Å². The number of fused-ring (bicyclic) bond motifs is 1. The van der Waals surface area contributed by atoms with E-state index in [2.05, 4.69) is 20.3 Å². The van der Waals surface area contributed by atoms with Crippen molar-refractivity contribution in [2.24, 2.45) is 7.05 Å². The van der Waals surface area contributed by atoms with Crippen molar-refractivity contribution >= 4 is 34.2 Å². The standard InChI is InChI=1S/C19H20ClN5O2/c1-24-18(26)7-6-17(23-24)25-8-2-3-14(11-25)21-19(27)16-10-12-9-13(20)4-5-15(12)22-16/h4-7,9-10,14,22H,2-3,8,11H2,1H3,(H,21,27). The molecule has 0 radical (unpaired) electrons. The SMILES string of the molecule is Cn1nc(N2CCCC(NC(=O)c3cc4cc(Cl)ccc4[nH]3)C2)ccc1=O. The Kier molecular flexibility index (Phi) is 4.61. The maximum absolute atomic E-state index is 12.7. The zero-order valence-electron chi connectivity index (χ0n) is 14.9. The summed E-state index contributed by atoms with van der Waals surface area (Å²) in [5.41, 5.74) is 1.26. The molecule has 1 aliphatic rings. The molecule has 1 saturated heterocycles. The molecule has 7 nitrogen and oxygen atoms in total. The minimum Gasteiger partial charge on any atom is -0.353 e. The molecule has 8 heteroatoms. The van der Waals surface area contributed by atoms with Crippen LogP contribution in [0.15, 0.2) is 41.2 Å². The first-order valence-electron chi connectivity index (χ1n) is 8.88. The number of carbonyl (C=O) groups excluding carboxylic acids is 1. The van der Waals surface area contributed by atoms with Gasteiger partial charge in [-0.05, 0) is 43.2 Å². The maximum Gasteiger partial charge on any atom is 0.268 e. The Morgan fingerprint density at radius 1 is 1.30 bits per heavy atom. The monoisotopic (exact) mass is 385 g/mol. The average Bonchev–Trinajstić information content (AvgIpc) is 3.07. The zero-order valence-corrected chi connectivity index (χ0v) is 15.7. The predicted octanol–water partition coefficient (Wildman–Crippen LogP) is 2.31. The lowest BCUT2D eigenvalue weighted by Crippen LogP contribution is -2.48. The fourth-order valence-electron chi connectivity index (χ4n) is 3.45. The molecule has 140 valence electrons. The van der Waals surface area contributed by atoms with E-state index in [1.54, 1.807) is 19.2 Å². The third kappa shape index (κ3) is 3.68. The highest BCUT2D eigenvalue weighted by atomic mass is 35.5. The second kappa shape index (κ2) is 7.08. The molecular weight excluding hydrogens is 366 g/mol. The normalized spacial score (nSPS) is 17.3. The van der Waals surface area contributed by atoms with Crippen LogP contribution in [0.4, 0.5) is 5.82 Å². The summed E-state index contributed by atoms with van der Waals surface area (Å²) in [6.45, 7) is 1.51. The number of aromatic nitrogens is 3. The smallest absolute Gasteiger partial charge is 0.268 e. The van der Waals surface area contributed by atoms with Crippen molar-refractivity contribution < 1.29 is 4.79 Å². The van der Waals surface area contributed by atoms with Gasteiger partial charge in [0.25, 0.3) is 11.5 Å². The fraction of sp³-hybridized carbons (Fsp3) is 0.316. The van der Waals surface area contributed by atoms with Gasteiger partial charge in [0.05, 0.1) is 0 Å². The van der Waals surface area contributed by atoms with E-state index < -0.39 is 0 Å². The number of piperidine rings is 1. The predicted molar refractivity (Wildman–Crippen MR) is 105 cm³/mol. The number of benzene rings is 1. The number of halogens is 1. The molecule has 3 heterocycles. The molecule has 2 N–H and O–H groups in total. The quantitative estimate of drug-likeness (QED) is 0.724. The molecule has 1 atom stereocenters. The van der Waals surface area contributed by atoms with Gasteiger partial charge < -0.3 is 15.2 Å². The fourth-order valence-corrected chi connectivity index (χ4v) is 3.63. The molecule has 0 spiro atoms. The Labute approximate surface area is 160 Å². The van der Waals surface area contributed by atoms with Crippen molar-refractivity contribution in [3.63, 3.8) is 0 Å². The van der Waals surface area contributed by atoms with Gasteiger partial charge in [0.15, 0.2) is 0 Å². The number of anilines is 1. The van der Waals surface area contributed by atoms with Gasteiger partial charge in [0.1, 0.15) is 11.5 Å². The van der Waals surface area contributed by atoms with Gasteiger partial charge in [-0.25, -0.2) is 4.68 Å². The maximum atomic E-state index is 12.7. The third-order valence-electron chi connectivity index (χ3n) is 4.85. The Hall–Kier alpha value is -2.80. The van der Waals surface area contributed by atoms with Crippen molar-refractivity contribution in [1.82, 2.24) is 20.1 Å². The molecule has 1 unspecified atom stereocenters. The molecule has 1 amide bonds. The topological polar surface area (TPSA) is 83.0 Å². The summed E-state index contributed by atoms with van der Waals surface area (Å²) >= 11 is 6.01. The van der Waals surface area contributed by atoms with Crippen LogP contribution >= 0.6 is 11.6 Å². The third-order valence-corrected chi connectivity index (χ3v) is 5.09. The number of aryl methyl sites for hydroxylation is 1. The van der Waals surface area contributed by atoms with Crippen LogP contribution in [-0.4, -0.2) is 39.8 Å². The molecule has 1 fully saturated rings. The lowest BCUT2D eigenvalue weighted by Gasteiger charge is -2.33. The van der Waals surface area contributed by atoms with Crippen molar-refractivity contribution in [1.29, 1.82) is 0 Å². The van der Waals surface area contributed by atoms with E-state index in [-0.39, 0.29) is 17.5 Å². The summed E-state index contributed by atoms with van der Waals surface area (Å²) in [7, 11) is 1.64. The summed E-state index contributed by atoms with van der Waals surface area (Å²) in [6, 6.07) is 10.6. The average molecular weight is 386 g/mol. The molecule has 2 aromatic heterocycles. The molecule has 1 aromatic carbocycles. The van der Waals surface area contributed by atoms with Gasteiger partial charge in [-0.3, -0.25) is 9.59 Å². The number of hydrogen-bond donors (Lipinski definition) is 2. The first-order chi connectivity index (χ1) is 13.0. The van der Waals surface area contributed by atoms with Gasteiger partial charge in [0.2, 0.25) is 0 Å². The Morgan fingerprint density at radius 3 is 2.96 bits per heavy atom. The summed E-state index contributed by atoms with van der Waals surface area (Å²) < 4.78 is 1.33. The van der Waals surface area contributed by atoms with Gasteiger partial charge in [0, 0.05) is 48.2 Å². The molecule has 27 heavy (non-hydrogen) atoms. The van der Waals surface area contributed by atoms with E-state index in [9.17, 15) is 9.59 Å². The van der Waals surface area contributed by atoms with Crippen LogP contribution in [0.5, 0.6) is 0 Å². The van der Waals surface area contributed by atoms with Crippen LogP contribution in [-0.2, 0) is 7.05 Å². The largest absolute Gasteiger partial charge is 0.353 e. The number of nitrogens with zero attached hydrogens (tertiary/aromatic N) is 3. The molecule has 0 saturated carbocycles. The number of aromatic amines is 1. The summed E-state index contributed by atoms with van der Waals surface area (Å²) in [6.07, 6.45) is 1.85. The second-order valence-corrected chi connectivity index (χ2v) is 7.26. The molecular formula is C19H20ClN5O2. The highest BCUT2D eigenvalue weighted by Crippen LogP contribution is 2.21. The van der Waals surface area contributed by atoms with E-state index in [1.807, 2.05) is 18.2 Å². The van der Waals surface area contributed by atoms with Crippen LogP contribution in [0.3, 0.4) is 0 Å². The highest BCUT2D eigenvalue weighted by molar-refractivity contribution is 6.31. The van der Waals surface area contributed by atoms with E-state index >= 15 is 0 Å². The van der Waals surface area contributed by atoms with Crippen LogP contribution in [0.25, 0.3) is 10.9 Å². The van der Waals surface area contributed by atoms with Crippen molar-refractivity contribution in [3.05, 3.63) is 57.5 Å². The molecule has 0 bridgehead atoms. The summed E-state index contributed by atoms with van der Waals surface area (Å²) in [5.74, 6) is 0.610. The van der Waals surface area contributed by atoms with E-state index in [4.69, 9.17) is 11.6 Å². The number of hydrogen-bond acceptors (Lipinski definition) is 4. The number of H-pyrrole nitrogens is 1. The van der Waals surface area contributed by atoms with E-state index in [1.165, 1.54) is 10.7 Å². The number of carbonyl (C=O) groups is 1. The van der Waals surface area contributed by atoms with Gasteiger partial charge in [-0.1, -0.05) is 11.6 Å². The summed E-state index contributed by atoms with van der Waals surface area (Å²) in [5, 5.41) is 8.95. The molecule has 4 rings (SSSR count). The molecule has 0 aliphatic carbocycles. The Morgan fingerprint density at radius 2 is 2.15 bits per heavy atom. The Bertz CT molecular complexity index is 1060. The van der Waals surface area contributed by atoms with Crippen LogP contribution in [0.2, 0.25) is 5.02 Å². The number of rotatable bonds is 3. The van der Waals surface area contributed by atoms with Crippen molar-refractivity contribution in [2.75, 3.05) is 18.0 Å². The minimum absolute atomic E-state index is 0.0142. The van der Waals surface area contributed by atoms with Crippen LogP contribution in [0, 0.1) is 0 Å². The first-order valence-corrected chi connectivity index (χ1v) is 9.26. The molecule has 1 aliphatic heterocycles. The first kappa shape index (κ1) is 17.6. The molecule has 3 aromatic rings.